The van der Waals surface area contributed by atoms with Crippen LogP contribution in [-0.2, 0) is 13.7 Å². The lowest BCUT2D eigenvalue weighted by Crippen LogP contribution is -2.66. The van der Waals surface area contributed by atoms with Crippen molar-refractivity contribution < 1.29 is 23.6 Å². The van der Waals surface area contributed by atoms with E-state index in [-0.39, 0.29) is 29.6 Å². The van der Waals surface area contributed by atoms with Gasteiger partial charge in [-0.25, -0.2) is 13.8 Å². The van der Waals surface area contributed by atoms with Gasteiger partial charge in [-0.3, -0.25) is 9.48 Å². The molecule has 236 valence electrons. The third kappa shape index (κ3) is 4.92. The van der Waals surface area contributed by atoms with Crippen molar-refractivity contribution in [3.63, 3.8) is 0 Å². The number of hydrogen-bond acceptors (Lipinski definition) is 9. The van der Waals surface area contributed by atoms with Gasteiger partial charge in [0, 0.05) is 84.9 Å². The first-order chi connectivity index (χ1) is 21.2. The fourth-order valence-electron chi connectivity index (χ4n) is 7.57. The van der Waals surface area contributed by atoms with E-state index in [2.05, 4.69) is 23.4 Å². The number of carboxylic acid groups (broad SMARTS) is 1. The number of fused-ring (bicyclic) bond motifs is 1. The van der Waals surface area contributed by atoms with Gasteiger partial charge in [-0.1, -0.05) is 11.6 Å². The van der Waals surface area contributed by atoms with Crippen LogP contribution in [0.4, 0.5) is 10.6 Å². The van der Waals surface area contributed by atoms with Crippen LogP contribution in [0.15, 0.2) is 18.3 Å². The molecule has 5 heterocycles. The lowest BCUT2D eigenvalue weighted by atomic mass is 9.57. The van der Waals surface area contributed by atoms with Gasteiger partial charge in [0.1, 0.15) is 0 Å². The van der Waals surface area contributed by atoms with Crippen molar-refractivity contribution in [2.45, 2.75) is 71.2 Å². The van der Waals surface area contributed by atoms with Gasteiger partial charge in [-0.05, 0) is 58.1 Å². The Balaban J connectivity index is 1.24. The van der Waals surface area contributed by atoms with E-state index in [1.54, 1.807) is 6.92 Å². The number of aromatic nitrogens is 4. The van der Waals surface area contributed by atoms with Crippen molar-refractivity contribution in [1.82, 2.24) is 28.8 Å². The summed E-state index contributed by atoms with van der Waals surface area (Å²) in [7, 11) is 0. The number of benzene rings is 1. The van der Waals surface area contributed by atoms with Gasteiger partial charge in [-0.2, -0.15) is 10.2 Å². The highest BCUT2D eigenvalue weighted by molar-refractivity contribution is 7.92. The van der Waals surface area contributed by atoms with Crippen LogP contribution in [0.25, 0.3) is 22.0 Å². The average Bonchev–Trinajstić information content (AvgIpc) is 3.57. The summed E-state index contributed by atoms with van der Waals surface area (Å²) in [4.78, 5) is 27.1. The molecule has 12 nitrogen and oxygen atoms in total. The number of hydrogen-bond donors (Lipinski definition) is 1. The number of amides is 1. The van der Waals surface area contributed by atoms with Crippen molar-refractivity contribution in [3.8, 4) is 11.1 Å². The second kappa shape index (κ2) is 11.4. The monoisotopic (exact) mass is 643 g/mol. The van der Waals surface area contributed by atoms with Gasteiger partial charge in [0.25, 0.3) is 0 Å². The molecule has 3 aromatic rings. The number of nitrogens with zero attached hydrogens (tertiary/aromatic N) is 7. The smallest absolute Gasteiger partial charge is 0.449 e. The molecule has 2 unspecified atom stereocenters. The molecule has 0 radical (unpaired) electrons. The fourth-order valence-corrected chi connectivity index (χ4v) is 8.65. The summed E-state index contributed by atoms with van der Waals surface area (Å²) >= 11 is 7.96. The molecular weight excluding hydrogens is 606 g/mol. The molecule has 4 fully saturated rings. The number of anilines is 1. The van der Waals surface area contributed by atoms with Crippen LogP contribution in [0.2, 0.25) is 5.02 Å². The van der Waals surface area contributed by atoms with Crippen LogP contribution in [0.5, 0.6) is 0 Å². The van der Waals surface area contributed by atoms with E-state index >= 15 is 0 Å². The molecule has 3 aliphatic heterocycles. The number of piperazine rings is 1. The maximum Gasteiger partial charge on any atom is 0.519 e. The van der Waals surface area contributed by atoms with Crippen LogP contribution in [0.1, 0.15) is 63.9 Å². The predicted molar refractivity (Wildman–Crippen MR) is 168 cm³/mol. The second-order valence-corrected chi connectivity index (χ2v) is 13.8. The van der Waals surface area contributed by atoms with E-state index in [4.69, 9.17) is 35.8 Å². The Morgan fingerprint density at radius 1 is 1.14 bits per heavy atom. The summed E-state index contributed by atoms with van der Waals surface area (Å²) in [6, 6.07) is 4.40. The SMILES string of the molecule is CC(=O)N1CCN(c2nn(C3CC4(C3)CN(SOC(=O)O)C4C)c(C)c2-c2c(Cl)ccc3c2cnn3C2CCCCO2)CC1. The molecular formula is C30H38ClN7O5S. The molecule has 1 amide bonds. The van der Waals surface area contributed by atoms with Crippen molar-refractivity contribution in [2.24, 2.45) is 5.41 Å². The summed E-state index contributed by atoms with van der Waals surface area (Å²) in [5, 5.41) is 20.6. The molecule has 1 aromatic carbocycles. The van der Waals surface area contributed by atoms with Gasteiger partial charge < -0.3 is 23.8 Å². The lowest BCUT2D eigenvalue weighted by molar-refractivity contribution is -0.129. The van der Waals surface area contributed by atoms with Crippen LogP contribution in [-0.4, -0.2) is 91.3 Å². The minimum Gasteiger partial charge on any atom is -0.449 e. The third-order valence-corrected chi connectivity index (χ3v) is 11.4. The van der Waals surface area contributed by atoms with E-state index in [0.29, 0.717) is 31.2 Å². The van der Waals surface area contributed by atoms with Gasteiger partial charge in [0.15, 0.2) is 24.3 Å². The zero-order chi connectivity index (χ0) is 30.7. The molecule has 4 aliphatic rings. The molecule has 1 saturated carbocycles. The van der Waals surface area contributed by atoms with E-state index in [1.165, 1.54) is 0 Å². The highest BCUT2D eigenvalue weighted by Gasteiger charge is 2.59. The van der Waals surface area contributed by atoms with Gasteiger partial charge in [0.05, 0.1) is 17.8 Å². The molecule has 2 atom stereocenters. The number of ether oxygens (including phenoxy) is 1. The summed E-state index contributed by atoms with van der Waals surface area (Å²) < 4.78 is 17.0. The minimum atomic E-state index is -1.28. The average molecular weight is 644 g/mol. The molecule has 44 heavy (non-hydrogen) atoms. The van der Waals surface area contributed by atoms with Crippen LogP contribution < -0.4 is 4.90 Å². The standard InChI is InChI=1S/C30H38ClN7O5S/c1-18-26(27-22-16-32-38(24(22)8-7-23(27)31)25-6-4-5-13-42-25)28(35-11-9-34(10-12-35)20(3)39)33-37(18)21-14-30(15-21)17-36(19(30)2)44-43-29(40)41/h7-8,16,19,21,25H,4-6,9-15,17H2,1-3H3,(H,40,41). The Bertz CT molecular complexity index is 1590. The van der Waals surface area contributed by atoms with Crippen molar-refractivity contribution in [1.29, 1.82) is 0 Å². The number of carbonyl (C=O) groups excluding carboxylic acids is 1. The number of halogens is 1. The molecule has 1 spiro atoms. The molecule has 2 aromatic heterocycles. The first-order valence-corrected chi connectivity index (χ1v) is 16.5. The Morgan fingerprint density at radius 3 is 2.57 bits per heavy atom. The fraction of sp³-hybridized carbons (Fsp3) is 0.600. The zero-order valence-corrected chi connectivity index (χ0v) is 26.8. The summed E-state index contributed by atoms with van der Waals surface area (Å²) in [5.74, 6) is 0.975. The predicted octanol–water partition coefficient (Wildman–Crippen LogP) is 5.51. The van der Waals surface area contributed by atoms with Crippen LogP contribution in [0, 0.1) is 12.3 Å². The molecule has 3 saturated heterocycles. The first kappa shape index (κ1) is 29.7. The van der Waals surface area contributed by atoms with Gasteiger partial charge in [-0.15, -0.1) is 0 Å². The van der Waals surface area contributed by atoms with E-state index in [9.17, 15) is 9.59 Å². The Hall–Kier alpha value is -3.00. The van der Waals surface area contributed by atoms with Crippen LogP contribution >= 0.6 is 23.8 Å². The summed E-state index contributed by atoms with van der Waals surface area (Å²) in [6.07, 6.45) is 5.54. The Labute approximate surface area is 265 Å². The highest BCUT2D eigenvalue weighted by atomic mass is 35.5. The first-order valence-electron chi connectivity index (χ1n) is 15.4. The van der Waals surface area contributed by atoms with Crippen molar-refractivity contribution in [3.05, 3.63) is 29.0 Å². The zero-order valence-electron chi connectivity index (χ0n) is 25.2. The largest absolute Gasteiger partial charge is 0.519 e. The molecule has 1 N–H and O–H groups in total. The molecule has 0 bridgehead atoms. The van der Waals surface area contributed by atoms with Crippen molar-refractivity contribution >= 4 is 52.6 Å². The van der Waals surface area contributed by atoms with Gasteiger partial charge >= 0.3 is 6.16 Å². The maximum absolute atomic E-state index is 12.1. The molecule has 14 heteroatoms. The Morgan fingerprint density at radius 2 is 1.91 bits per heavy atom. The summed E-state index contributed by atoms with van der Waals surface area (Å²) in [5.41, 5.74) is 4.10. The highest BCUT2D eigenvalue weighted by Crippen LogP contribution is 2.60. The molecule has 1 aliphatic carbocycles. The second-order valence-electron chi connectivity index (χ2n) is 12.6. The van der Waals surface area contributed by atoms with E-state index in [0.717, 1.165) is 91.0 Å². The van der Waals surface area contributed by atoms with Crippen molar-refractivity contribution in [2.75, 3.05) is 44.2 Å². The topological polar surface area (TPSA) is 118 Å². The normalized spacial score (nSPS) is 27.4. The van der Waals surface area contributed by atoms with E-state index in [1.807, 2.05) is 32.2 Å². The third-order valence-electron chi connectivity index (χ3n) is 10.2. The van der Waals surface area contributed by atoms with Gasteiger partial charge in [0.2, 0.25) is 5.91 Å². The maximum atomic E-state index is 12.1. The number of carbonyl (C=O) groups is 2. The summed E-state index contributed by atoms with van der Waals surface area (Å²) in [6.45, 7) is 10.1. The lowest BCUT2D eigenvalue weighted by Gasteiger charge is -2.62. The van der Waals surface area contributed by atoms with E-state index < -0.39 is 6.16 Å². The number of rotatable bonds is 6. The minimum absolute atomic E-state index is 0.0899. The van der Waals surface area contributed by atoms with Crippen LogP contribution in [0.3, 0.4) is 0 Å². The quantitative estimate of drug-likeness (QED) is 0.272. The Kier molecular flexibility index (Phi) is 7.71. The molecule has 7 rings (SSSR count).